The molecule has 4 heavy (non-hydrogen) atoms. The Morgan fingerprint density at radius 1 is 1.50 bits per heavy atom. The van der Waals surface area contributed by atoms with Crippen molar-refractivity contribution < 1.29 is 0 Å². The third-order valence-corrected chi connectivity index (χ3v) is 0. The van der Waals surface area contributed by atoms with Gasteiger partial charge in [0.1, 0.15) is 0 Å². The van der Waals surface area contributed by atoms with E-state index in [1.807, 2.05) is 0 Å². The fourth-order valence-electron chi connectivity index (χ4n) is 0. The monoisotopic (exact) mass is 138 g/mol. The topological polar surface area (TPSA) is 0 Å². The van der Waals surface area contributed by atoms with Gasteiger partial charge in [-0.15, -0.1) is 0 Å². The van der Waals surface area contributed by atoms with Crippen LogP contribution in [0.25, 0.3) is 0 Å². The molecule has 0 aliphatic rings. The van der Waals surface area contributed by atoms with Gasteiger partial charge in [-0.3, -0.25) is 0 Å². The average molecular weight is 138 g/mol. The van der Waals surface area contributed by atoms with Crippen LogP contribution in [0.2, 0.25) is 11.4 Å². The van der Waals surface area contributed by atoms with Crippen molar-refractivity contribution >= 4 is 24.4 Å². The van der Waals surface area contributed by atoms with Gasteiger partial charge in [-0.2, -0.15) is 0 Å². The van der Waals surface area contributed by atoms with E-state index in [9.17, 15) is 0 Å². The molecule has 0 fully saturated rings. The molecule has 0 aromatic heterocycles. The standard InChI is InChI=1S/C2H7AsS/c1-3(2)4/h4H,1-2H3. The Labute approximate surface area is 36.2 Å². The second kappa shape index (κ2) is 2.16. The first-order valence-electron chi connectivity index (χ1n) is 1.09. The Kier molecular flexibility index (Phi) is 2.66. The molecule has 0 aliphatic carbocycles. The molecule has 0 saturated carbocycles. The summed E-state index contributed by atoms with van der Waals surface area (Å²) in [6, 6.07) is 0. The Morgan fingerprint density at radius 3 is 1.50 bits per heavy atom. The van der Waals surface area contributed by atoms with E-state index in [-0.39, 0.29) is 0 Å². The van der Waals surface area contributed by atoms with Crippen LogP contribution in [-0.2, 0) is 0 Å². The van der Waals surface area contributed by atoms with Gasteiger partial charge in [-0.1, -0.05) is 0 Å². The van der Waals surface area contributed by atoms with Crippen molar-refractivity contribution in [2.75, 3.05) is 0 Å². The van der Waals surface area contributed by atoms with Gasteiger partial charge in [0, 0.05) is 0 Å². The van der Waals surface area contributed by atoms with E-state index in [2.05, 4.69) is 22.3 Å². The molecule has 0 aromatic carbocycles. The minimum atomic E-state index is -0.493. The third-order valence-electron chi connectivity index (χ3n) is 0. The van der Waals surface area contributed by atoms with Crippen LogP contribution in [0.1, 0.15) is 0 Å². The summed E-state index contributed by atoms with van der Waals surface area (Å²) in [5.41, 5.74) is 4.35. The molecule has 0 rings (SSSR count). The molecule has 0 spiro atoms. The van der Waals surface area contributed by atoms with Gasteiger partial charge in [0.25, 0.3) is 0 Å². The van der Waals surface area contributed by atoms with Crippen LogP contribution in [0.5, 0.6) is 0 Å². The minimum absolute atomic E-state index is 0.493. The summed E-state index contributed by atoms with van der Waals surface area (Å²) in [5, 5.41) is 0. The summed E-state index contributed by atoms with van der Waals surface area (Å²) >= 11 is -0.493. The quantitative estimate of drug-likeness (QED) is 0.377. The van der Waals surface area contributed by atoms with Crippen molar-refractivity contribution in [2.24, 2.45) is 0 Å². The molecule has 0 N–H and O–H groups in total. The molecule has 2 heteroatoms. The predicted octanol–water partition coefficient (Wildman–Crippen LogP) is 1.17. The molecular formula is C2H7AsS. The molecule has 0 aromatic rings. The van der Waals surface area contributed by atoms with E-state index >= 15 is 0 Å². The van der Waals surface area contributed by atoms with Gasteiger partial charge >= 0.3 is 35.8 Å². The fraction of sp³-hybridized carbons (Fsp3) is 1.00. The second-order valence-electron chi connectivity index (χ2n) is 0.847. The summed E-state index contributed by atoms with van der Waals surface area (Å²) in [4.78, 5) is 0. The predicted molar refractivity (Wildman–Crippen MR) is 26.5 cm³/mol. The van der Waals surface area contributed by atoms with Crippen LogP contribution in [0.15, 0.2) is 0 Å². The second-order valence-corrected chi connectivity index (χ2v) is 8.56. The first kappa shape index (κ1) is 4.91. The maximum atomic E-state index is 4.11. The summed E-state index contributed by atoms with van der Waals surface area (Å²) in [6.07, 6.45) is 0. The van der Waals surface area contributed by atoms with Crippen LogP contribution in [-0.4, -0.2) is 13.5 Å². The number of hydrogen-bond donors (Lipinski definition) is 1. The SMILES string of the molecule is C[As](C)S. The van der Waals surface area contributed by atoms with E-state index in [1.54, 1.807) is 0 Å². The Morgan fingerprint density at radius 2 is 1.50 bits per heavy atom. The van der Waals surface area contributed by atoms with Crippen LogP contribution in [0, 0.1) is 0 Å². The van der Waals surface area contributed by atoms with E-state index in [0.717, 1.165) is 0 Å². The van der Waals surface area contributed by atoms with Crippen molar-refractivity contribution in [1.82, 2.24) is 0 Å². The van der Waals surface area contributed by atoms with Gasteiger partial charge in [0.05, 0.1) is 0 Å². The van der Waals surface area contributed by atoms with Crippen molar-refractivity contribution in [3.8, 4) is 0 Å². The van der Waals surface area contributed by atoms with E-state index < -0.39 is 13.5 Å². The van der Waals surface area contributed by atoms with Gasteiger partial charge < -0.3 is 0 Å². The molecule has 0 atom stereocenters. The molecule has 0 saturated heterocycles. The zero-order valence-electron chi connectivity index (χ0n) is 2.89. The number of thiol groups is 1. The Balaban J connectivity index is 2.32. The van der Waals surface area contributed by atoms with Gasteiger partial charge in [0.2, 0.25) is 0 Å². The van der Waals surface area contributed by atoms with E-state index in [0.29, 0.717) is 0 Å². The fourth-order valence-corrected chi connectivity index (χ4v) is 0. The van der Waals surface area contributed by atoms with Crippen molar-refractivity contribution in [3.63, 3.8) is 0 Å². The van der Waals surface area contributed by atoms with Crippen LogP contribution < -0.4 is 0 Å². The molecule has 0 bridgehead atoms. The van der Waals surface area contributed by atoms with Crippen molar-refractivity contribution in [1.29, 1.82) is 0 Å². The summed E-state index contributed by atoms with van der Waals surface area (Å²) in [6.45, 7) is 0. The maximum absolute atomic E-state index is 4.11. The van der Waals surface area contributed by atoms with E-state index in [4.69, 9.17) is 0 Å². The van der Waals surface area contributed by atoms with Crippen LogP contribution in [0.4, 0.5) is 0 Å². The van der Waals surface area contributed by atoms with Gasteiger partial charge in [-0.25, -0.2) is 0 Å². The van der Waals surface area contributed by atoms with E-state index in [1.165, 1.54) is 0 Å². The average Bonchev–Trinajstić information content (AvgIpc) is 0.811. The molecule has 0 heterocycles. The molecule has 0 aliphatic heterocycles. The van der Waals surface area contributed by atoms with Crippen molar-refractivity contribution in [3.05, 3.63) is 0 Å². The van der Waals surface area contributed by atoms with Crippen LogP contribution >= 0.6 is 10.9 Å². The Bertz CT molecular complexity index is 10.8. The summed E-state index contributed by atoms with van der Waals surface area (Å²) < 4.78 is 0. The molecule has 0 unspecified atom stereocenters. The normalized spacial score (nSPS) is 9.00. The number of hydrogen-bond acceptors (Lipinski definition) is 1. The first-order valence-corrected chi connectivity index (χ1v) is 7.77. The summed E-state index contributed by atoms with van der Waals surface area (Å²) in [5.74, 6) is 0. The molecule has 0 nitrogen and oxygen atoms in total. The molecule has 0 radical (unpaired) electrons. The molecular weight excluding hydrogens is 131 g/mol. The zero-order chi connectivity index (χ0) is 3.58. The first-order chi connectivity index (χ1) is 1.73. The molecule has 26 valence electrons. The van der Waals surface area contributed by atoms with Gasteiger partial charge in [0.15, 0.2) is 0 Å². The van der Waals surface area contributed by atoms with Crippen molar-refractivity contribution in [2.45, 2.75) is 11.4 Å². The zero-order valence-corrected chi connectivity index (χ0v) is 5.67. The van der Waals surface area contributed by atoms with Gasteiger partial charge in [-0.05, 0) is 0 Å². The van der Waals surface area contributed by atoms with Crippen LogP contribution in [0.3, 0.4) is 0 Å². The third kappa shape index (κ3) is 12.8. The summed E-state index contributed by atoms with van der Waals surface area (Å²) in [7, 11) is 4.11. The number of rotatable bonds is 0. The molecule has 0 amide bonds. The Hall–Kier alpha value is 0.908.